The zero-order chi connectivity index (χ0) is 14.3. The summed E-state index contributed by atoms with van der Waals surface area (Å²) in [6, 6.07) is 23.2. The van der Waals surface area contributed by atoms with Crippen LogP contribution in [0.1, 0.15) is 16.7 Å². The molecule has 104 valence electrons. The van der Waals surface area contributed by atoms with E-state index in [0.717, 1.165) is 12.8 Å². The zero-order valence-electron chi connectivity index (χ0n) is 11.9. The van der Waals surface area contributed by atoms with Crippen molar-refractivity contribution >= 4 is 10.8 Å². The number of hydrogen-bond acceptors (Lipinski definition) is 1. The van der Waals surface area contributed by atoms with Crippen LogP contribution in [-0.4, -0.2) is 10.7 Å². The van der Waals surface area contributed by atoms with Gasteiger partial charge in [0.2, 0.25) is 0 Å². The number of fused-ring (bicyclic) bond motifs is 2. The van der Waals surface area contributed by atoms with Crippen LogP contribution in [0.5, 0.6) is 0 Å². The van der Waals surface area contributed by atoms with Crippen LogP contribution in [0, 0.1) is 0 Å². The SMILES string of the molecule is OC1(Cc2cccc3ccccc23)Cc2ccccc2C1. The lowest BCUT2D eigenvalue weighted by atomic mass is 9.89. The molecule has 1 aliphatic carbocycles. The molecule has 0 amide bonds. The average Bonchev–Trinajstić information content (AvgIpc) is 2.83. The van der Waals surface area contributed by atoms with Crippen molar-refractivity contribution in [1.29, 1.82) is 0 Å². The minimum absolute atomic E-state index is 0.645. The standard InChI is InChI=1S/C20H18O/c21-20(12-16-7-1-2-8-17(16)13-20)14-18-10-5-9-15-6-3-4-11-19(15)18/h1-11,21H,12-14H2. The fraction of sp³-hybridized carbons (Fsp3) is 0.200. The predicted octanol–water partition coefficient (Wildman–Crippen LogP) is 3.91. The van der Waals surface area contributed by atoms with Crippen LogP contribution in [0.15, 0.2) is 66.7 Å². The summed E-state index contributed by atoms with van der Waals surface area (Å²) in [5.41, 5.74) is 3.18. The molecule has 1 heteroatoms. The first-order valence-corrected chi connectivity index (χ1v) is 7.49. The van der Waals surface area contributed by atoms with Gasteiger partial charge in [-0.05, 0) is 27.5 Å². The Hall–Kier alpha value is -2.12. The van der Waals surface area contributed by atoms with Crippen molar-refractivity contribution in [2.75, 3.05) is 0 Å². The molecule has 0 saturated carbocycles. The smallest absolute Gasteiger partial charge is 0.0768 e. The molecule has 3 aromatic carbocycles. The first-order chi connectivity index (χ1) is 10.2. The molecule has 1 nitrogen and oxygen atoms in total. The molecule has 0 aliphatic heterocycles. The molecule has 0 atom stereocenters. The van der Waals surface area contributed by atoms with E-state index in [4.69, 9.17) is 0 Å². The highest BCUT2D eigenvalue weighted by Gasteiger charge is 2.35. The molecule has 0 spiro atoms. The van der Waals surface area contributed by atoms with Crippen molar-refractivity contribution in [3.05, 3.63) is 83.4 Å². The zero-order valence-corrected chi connectivity index (χ0v) is 11.9. The van der Waals surface area contributed by atoms with E-state index in [2.05, 4.69) is 66.7 Å². The van der Waals surface area contributed by atoms with Gasteiger partial charge < -0.3 is 5.11 Å². The molecule has 0 heterocycles. The lowest BCUT2D eigenvalue weighted by Crippen LogP contribution is -2.32. The molecule has 3 aromatic rings. The van der Waals surface area contributed by atoms with Crippen molar-refractivity contribution in [2.45, 2.75) is 24.9 Å². The third-order valence-electron chi connectivity index (χ3n) is 4.56. The molecule has 1 N–H and O–H groups in total. The first kappa shape index (κ1) is 12.6. The van der Waals surface area contributed by atoms with Gasteiger partial charge in [-0.25, -0.2) is 0 Å². The number of hydrogen-bond donors (Lipinski definition) is 1. The summed E-state index contributed by atoms with van der Waals surface area (Å²) in [6.07, 6.45) is 2.22. The van der Waals surface area contributed by atoms with Gasteiger partial charge in [0.05, 0.1) is 5.60 Å². The van der Waals surface area contributed by atoms with Crippen LogP contribution in [0.2, 0.25) is 0 Å². The van der Waals surface area contributed by atoms with Crippen molar-refractivity contribution in [3.8, 4) is 0 Å². The number of aliphatic hydroxyl groups is 1. The van der Waals surface area contributed by atoms with Gasteiger partial charge in [0, 0.05) is 19.3 Å². The molecule has 1 aliphatic rings. The van der Waals surface area contributed by atoms with Crippen LogP contribution in [0.3, 0.4) is 0 Å². The highest BCUT2D eigenvalue weighted by atomic mass is 16.3. The molecule has 0 fully saturated rings. The normalized spacial score (nSPS) is 16.0. The van der Waals surface area contributed by atoms with E-state index in [0.29, 0.717) is 6.42 Å². The second-order valence-electron chi connectivity index (χ2n) is 6.16. The summed E-state index contributed by atoms with van der Waals surface area (Å²) < 4.78 is 0. The molecule has 0 bridgehead atoms. The second kappa shape index (κ2) is 4.71. The van der Waals surface area contributed by atoms with Crippen LogP contribution >= 0.6 is 0 Å². The summed E-state index contributed by atoms with van der Waals surface area (Å²) in [5, 5.41) is 13.5. The van der Waals surface area contributed by atoms with E-state index < -0.39 is 5.60 Å². The van der Waals surface area contributed by atoms with E-state index in [1.165, 1.54) is 27.5 Å². The Morgan fingerprint density at radius 2 is 1.38 bits per heavy atom. The molecule has 4 rings (SSSR count). The van der Waals surface area contributed by atoms with E-state index in [9.17, 15) is 5.11 Å². The topological polar surface area (TPSA) is 20.2 Å². The lowest BCUT2D eigenvalue weighted by Gasteiger charge is -2.23. The van der Waals surface area contributed by atoms with Gasteiger partial charge in [-0.3, -0.25) is 0 Å². The van der Waals surface area contributed by atoms with E-state index >= 15 is 0 Å². The monoisotopic (exact) mass is 274 g/mol. The largest absolute Gasteiger partial charge is 0.389 e. The highest BCUT2D eigenvalue weighted by molar-refractivity contribution is 5.85. The van der Waals surface area contributed by atoms with E-state index in [1.54, 1.807) is 0 Å². The predicted molar refractivity (Wildman–Crippen MR) is 86.5 cm³/mol. The van der Waals surface area contributed by atoms with Gasteiger partial charge in [-0.15, -0.1) is 0 Å². The molecule has 0 radical (unpaired) electrons. The van der Waals surface area contributed by atoms with Crippen molar-refractivity contribution < 1.29 is 5.11 Å². The molecular weight excluding hydrogens is 256 g/mol. The van der Waals surface area contributed by atoms with Crippen molar-refractivity contribution in [3.63, 3.8) is 0 Å². The Morgan fingerprint density at radius 3 is 2.14 bits per heavy atom. The Labute approximate surface area is 124 Å². The Bertz CT molecular complexity index is 773. The van der Waals surface area contributed by atoms with E-state index in [-0.39, 0.29) is 0 Å². The fourth-order valence-electron chi connectivity index (χ4n) is 3.60. The maximum absolute atomic E-state index is 11.0. The van der Waals surface area contributed by atoms with Crippen LogP contribution < -0.4 is 0 Å². The van der Waals surface area contributed by atoms with E-state index in [1.807, 2.05) is 0 Å². The maximum atomic E-state index is 11.0. The van der Waals surface area contributed by atoms with Gasteiger partial charge in [0.1, 0.15) is 0 Å². The number of rotatable bonds is 2. The van der Waals surface area contributed by atoms with Gasteiger partial charge in [-0.1, -0.05) is 66.7 Å². The van der Waals surface area contributed by atoms with Gasteiger partial charge >= 0.3 is 0 Å². The summed E-state index contributed by atoms with van der Waals surface area (Å²) >= 11 is 0. The molecule has 0 aromatic heterocycles. The number of benzene rings is 3. The summed E-state index contributed by atoms with van der Waals surface area (Å²) in [4.78, 5) is 0. The van der Waals surface area contributed by atoms with Gasteiger partial charge in [0.25, 0.3) is 0 Å². The van der Waals surface area contributed by atoms with Crippen LogP contribution in [0.4, 0.5) is 0 Å². The maximum Gasteiger partial charge on any atom is 0.0768 e. The van der Waals surface area contributed by atoms with Gasteiger partial charge in [0.15, 0.2) is 0 Å². The Balaban J connectivity index is 1.70. The van der Waals surface area contributed by atoms with Crippen LogP contribution in [0.25, 0.3) is 10.8 Å². The van der Waals surface area contributed by atoms with Crippen molar-refractivity contribution in [1.82, 2.24) is 0 Å². The average molecular weight is 274 g/mol. The molecule has 21 heavy (non-hydrogen) atoms. The third kappa shape index (κ3) is 2.24. The molecule has 0 saturated heterocycles. The third-order valence-corrected chi connectivity index (χ3v) is 4.56. The Morgan fingerprint density at radius 1 is 0.762 bits per heavy atom. The molecular formula is C20H18O. The minimum atomic E-state index is -0.645. The van der Waals surface area contributed by atoms with Crippen molar-refractivity contribution in [2.24, 2.45) is 0 Å². The summed E-state index contributed by atoms with van der Waals surface area (Å²) in [5.74, 6) is 0. The Kier molecular flexibility index (Phi) is 2.83. The molecule has 0 unspecified atom stereocenters. The quantitative estimate of drug-likeness (QED) is 0.751. The minimum Gasteiger partial charge on any atom is -0.389 e. The van der Waals surface area contributed by atoms with Gasteiger partial charge in [-0.2, -0.15) is 0 Å². The lowest BCUT2D eigenvalue weighted by molar-refractivity contribution is 0.0521. The highest BCUT2D eigenvalue weighted by Crippen LogP contribution is 2.34. The second-order valence-corrected chi connectivity index (χ2v) is 6.16. The first-order valence-electron chi connectivity index (χ1n) is 7.49. The summed E-state index contributed by atoms with van der Waals surface area (Å²) in [7, 11) is 0. The van der Waals surface area contributed by atoms with Crippen LogP contribution in [-0.2, 0) is 19.3 Å². The fourth-order valence-corrected chi connectivity index (χ4v) is 3.60. The summed E-state index contributed by atoms with van der Waals surface area (Å²) in [6.45, 7) is 0.